The molecule has 2 aliphatic rings. The lowest BCUT2D eigenvalue weighted by Gasteiger charge is -2.23. The summed E-state index contributed by atoms with van der Waals surface area (Å²) in [6.07, 6.45) is 7.01. The molecule has 0 amide bonds. The van der Waals surface area contributed by atoms with E-state index in [9.17, 15) is 0 Å². The van der Waals surface area contributed by atoms with Crippen molar-refractivity contribution in [3.63, 3.8) is 0 Å². The quantitative estimate of drug-likeness (QED) is 0.870. The van der Waals surface area contributed by atoms with Gasteiger partial charge < -0.3 is 5.73 Å². The summed E-state index contributed by atoms with van der Waals surface area (Å²) in [5.74, 6) is 0. The first kappa shape index (κ1) is 12.5. The Labute approximate surface area is 124 Å². The van der Waals surface area contributed by atoms with Gasteiger partial charge in [0, 0.05) is 4.88 Å². The van der Waals surface area contributed by atoms with Crippen molar-refractivity contribution in [1.82, 2.24) is 4.98 Å². The van der Waals surface area contributed by atoms with Gasteiger partial charge in [0.15, 0.2) is 0 Å². The van der Waals surface area contributed by atoms with Gasteiger partial charge >= 0.3 is 0 Å². The molecule has 0 aliphatic heterocycles. The van der Waals surface area contributed by atoms with Crippen LogP contribution in [0.5, 0.6) is 0 Å². The molecule has 1 heterocycles. The van der Waals surface area contributed by atoms with Crippen molar-refractivity contribution in [1.29, 1.82) is 0 Å². The van der Waals surface area contributed by atoms with Gasteiger partial charge in [-0.2, -0.15) is 0 Å². The van der Waals surface area contributed by atoms with Crippen molar-refractivity contribution < 1.29 is 0 Å². The molecule has 0 radical (unpaired) electrons. The first-order valence-corrected chi connectivity index (χ1v) is 8.36. The molecule has 2 aromatic rings. The van der Waals surface area contributed by atoms with Crippen LogP contribution in [0.4, 0.5) is 0 Å². The van der Waals surface area contributed by atoms with E-state index in [1.807, 2.05) is 11.3 Å². The van der Waals surface area contributed by atoms with Gasteiger partial charge in [0.2, 0.25) is 0 Å². The number of benzene rings is 1. The third-order valence-corrected chi connectivity index (χ3v) is 6.10. The number of thiazole rings is 1. The summed E-state index contributed by atoms with van der Waals surface area (Å²) in [5.41, 5.74) is 11.8. The van der Waals surface area contributed by atoms with Gasteiger partial charge in [0.25, 0.3) is 0 Å². The maximum Gasteiger partial charge on any atom is 0.118 e. The summed E-state index contributed by atoms with van der Waals surface area (Å²) in [6, 6.07) is 6.70. The second kappa shape index (κ2) is 4.40. The van der Waals surface area contributed by atoms with Gasteiger partial charge in [0.05, 0.1) is 11.2 Å². The van der Waals surface area contributed by atoms with E-state index in [1.54, 1.807) is 0 Å². The van der Waals surface area contributed by atoms with Crippen LogP contribution in [-0.2, 0) is 24.8 Å². The average molecular weight is 284 g/mol. The number of hydrogen-bond acceptors (Lipinski definition) is 3. The lowest BCUT2D eigenvalue weighted by atomic mass is 9.92. The number of fused-ring (bicyclic) bond motifs is 2. The second-order valence-corrected chi connectivity index (χ2v) is 7.31. The molecule has 1 unspecified atom stereocenters. The molecule has 1 aromatic carbocycles. The third kappa shape index (κ3) is 1.76. The average Bonchev–Trinajstić information content (AvgIpc) is 3.02. The molecule has 3 heteroatoms. The number of nitrogens with two attached hydrogens (primary N) is 1. The van der Waals surface area contributed by atoms with Crippen molar-refractivity contribution in [2.75, 3.05) is 0 Å². The topological polar surface area (TPSA) is 38.9 Å². The molecule has 0 saturated carbocycles. The fraction of sp³-hybridized carbons (Fsp3) is 0.471. The van der Waals surface area contributed by atoms with Crippen molar-refractivity contribution in [2.45, 2.75) is 51.0 Å². The van der Waals surface area contributed by atoms with Crippen LogP contribution in [0.2, 0.25) is 0 Å². The SMILES string of the molecule is Cc1ccc2c(c1)C(N)(c1nc3c(s1)CCCC3)CC2. The Hall–Kier alpha value is -1.19. The molecule has 104 valence electrons. The summed E-state index contributed by atoms with van der Waals surface area (Å²) in [5, 5.41) is 1.15. The molecule has 20 heavy (non-hydrogen) atoms. The fourth-order valence-corrected chi connectivity index (χ4v) is 4.85. The van der Waals surface area contributed by atoms with Crippen LogP contribution in [0.3, 0.4) is 0 Å². The molecular weight excluding hydrogens is 264 g/mol. The minimum absolute atomic E-state index is 0.344. The van der Waals surface area contributed by atoms with Crippen LogP contribution in [0, 0.1) is 6.92 Å². The molecule has 0 saturated heterocycles. The minimum Gasteiger partial charge on any atom is -0.316 e. The first-order valence-electron chi connectivity index (χ1n) is 7.55. The molecule has 2 aliphatic carbocycles. The molecule has 0 fully saturated rings. The molecule has 2 N–H and O–H groups in total. The van der Waals surface area contributed by atoms with E-state index in [2.05, 4.69) is 25.1 Å². The van der Waals surface area contributed by atoms with Crippen LogP contribution in [0.1, 0.15) is 51.5 Å². The van der Waals surface area contributed by atoms with Gasteiger partial charge in [-0.1, -0.05) is 23.8 Å². The normalized spacial score (nSPS) is 24.5. The zero-order valence-corrected chi connectivity index (χ0v) is 12.7. The highest BCUT2D eigenvalue weighted by atomic mass is 32.1. The van der Waals surface area contributed by atoms with Crippen LogP contribution >= 0.6 is 11.3 Å². The van der Waals surface area contributed by atoms with Crippen molar-refractivity contribution >= 4 is 11.3 Å². The van der Waals surface area contributed by atoms with Gasteiger partial charge in [-0.15, -0.1) is 11.3 Å². The minimum atomic E-state index is -0.344. The van der Waals surface area contributed by atoms with E-state index in [4.69, 9.17) is 10.7 Å². The Kier molecular flexibility index (Phi) is 2.76. The summed E-state index contributed by atoms with van der Waals surface area (Å²) in [7, 11) is 0. The van der Waals surface area contributed by atoms with Crippen LogP contribution in [0.15, 0.2) is 18.2 Å². The smallest absolute Gasteiger partial charge is 0.118 e. The Morgan fingerprint density at radius 2 is 2.05 bits per heavy atom. The maximum atomic E-state index is 6.82. The van der Waals surface area contributed by atoms with E-state index >= 15 is 0 Å². The molecule has 0 bridgehead atoms. The Balaban J connectivity index is 1.83. The fourth-order valence-electron chi connectivity index (χ4n) is 3.56. The number of aryl methyl sites for hydroxylation is 4. The Morgan fingerprint density at radius 1 is 1.20 bits per heavy atom. The van der Waals surface area contributed by atoms with Gasteiger partial charge in [-0.3, -0.25) is 0 Å². The first-order chi connectivity index (χ1) is 9.67. The van der Waals surface area contributed by atoms with E-state index < -0.39 is 0 Å². The largest absolute Gasteiger partial charge is 0.316 e. The third-order valence-electron chi connectivity index (χ3n) is 4.76. The van der Waals surface area contributed by atoms with Crippen LogP contribution in [0.25, 0.3) is 0 Å². The predicted octanol–water partition coefficient (Wildman–Crippen LogP) is 3.48. The monoisotopic (exact) mass is 284 g/mol. The highest BCUT2D eigenvalue weighted by molar-refractivity contribution is 7.12. The lowest BCUT2D eigenvalue weighted by molar-refractivity contribution is 0.528. The van der Waals surface area contributed by atoms with Crippen molar-refractivity contribution in [3.8, 4) is 0 Å². The van der Waals surface area contributed by atoms with Gasteiger partial charge in [0.1, 0.15) is 5.01 Å². The van der Waals surface area contributed by atoms with E-state index in [1.165, 1.54) is 46.5 Å². The highest BCUT2D eigenvalue weighted by Crippen LogP contribution is 2.43. The molecule has 1 atom stereocenters. The summed E-state index contributed by atoms with van der Waals surface area (Å²) >= 11 is 1.86. The van der Waals surface area contributed by atoms with Gasteiger partial charge in [-0.25, -0.2) is 4.98 Å². The second-order valence-electron chi connectivity index (χ2n) is 6.23. The molecule has 0 spiro atoms. The number of nitrogens with zero attached hydrogens (tertiary/aromatic N) is 1. The number of rotatable bonds is 1. The Morgan fingerprint density at radius 3 is 2.90 bits per heavy atom. The number of aromatic nitrogens is 1. The van der Waals surface area contributed by atoms with Gasteiger partial charge in [-0.05, 0) is 56.6 Å². The van der Waals surface area contributed by atoms with Crippen LogP contribution < -0.4 is 5.73 Å². The molecule has 4 rings (SSSR count). The van der Waals surface area contributed by atoms with Crippen molar-refractivity contribution in [3.05, 3.63) is 50.5 Å². The summed E-state index contributed by atoms with van der Waals surface area (Å²) in [6.45, 7) is 2.14. The molecular formula is C17H20N2S. The molecule has 1 aromatic heterocycles. The zero-order valence-electron chi connectivity index (χ0n) is 11.9. The maximum absolute atomic E-state index is 6.82. The van der Waals surface area contributed by atoms with E-state index in [0.717, 1.165) is 24.3 Å². The van der Waals surface area contributed by atoms with Crippen LogP contribution in [-0.4, -0.2) is 4.98 Å². The number of hydrogen-bond donors (Lipinski definition) is 1. The Bertz CT molecular complexity index is 650. The summed E-state index contributed by atoms with van der Waals surface area (Å²) < 4.78 is 0. The standard InChI is InChI=1S/C17H20N2S/c1-11-6-7-12-8-9-17(18,13(12)10-11)16-19-14-4-2-3-5-15(14)20-16/h6-7,10H,2-5,8-9,18H2,1H3. The van der Waals surface area contributed by atoms with E-state index in [0.29, 0.717) is 0 Å². The molecule has 2 nitrogen and oxygen atoms in total. The lowest BCUT2D eigenvalue weighted by Crippen LogP contribution is -2.35. The summed E-state index contributed by atoms with van der Waals surface area (Å²) in [4.78, 5) is 6.41. The predicted molar refractivity (Wildman–Crippen MR) is 83.2 cm³/mol. The van der Waals surface area contributed by atoms with E-state index in [-0.39, 0.29) is 5.54 Å². The highest BCUT2D eigenvalue weighted by Gasteiger charge is 2.40. The zero-order chi connectivity index (χ0) is 13.7. The van der Waals surface area contributed by atoms with Crippen molar-refractivity contribution in [2.24, 2.45) is 5.73 Å².